The lowest BCUT2D eigenvalue weighted by atomic mass is 9.87. The molecule has 0 unspecified atom stereocenters. The van der Waals surface area contributed by atoms with Crippen molar-refractivity contribution in [2.75, 3.05) is 10.6 Å². The number of carbonyl (C=O) groups is 1. The van der Waals surface area contributed by atoms with Gasteiger partial charge >= 0.3 is 0 Å². The van der Waals surface area contributed by atoms with Gasteiger partial charge in [-0.1, -0.05) is 32.9 Å². The van der Waals surface area contributed by atoms with Crippen molar-refractivity contribution in [1.82, 2.24) is 15.0 Å². The van der Waals surface area contributed by atoms with Crippen LogP contribution in [0, 0.1) is 6.92 Å². The highest BCUT2D eigenvalue weighted by atomic mass is 16.1. The highest BCUT2D eigenvalue weighted by molar-refractivity contribution is 6.03. The van der Waals surface area contributed by atoms with E-state index >= 15 is 0 Å². The molecule has 144 valence electrons. The maximum atomic E-state index is 12.6. The molecule has 28 heavy (non-hydrogen) atoms. The summed E-state index contributed by atoms with van der Waals surface area (Å²) in [5, 5.41) is 6.05. The zero-order valence-corrected chi connectivity index (χ0v) is 16.7. The van der Waals surface area contributed by atoms with Gasteiger partial charge < -0.3 is 10.6 Å². The highest BCUT2D eigenvalue weighted by Crippen LogP contribution is 2.23. The van der Waals surface area contributed by atoms with Crippen LogP contribution in [0.2, 0.25) is 0 Å². The van der Waals surface area contributed by atoms with Crippen molar-refractivity contribution in [3.8, 4) is 0 Å². The van der Waals surface area contributed by atoms with E-state index in [9.17, 15) is 4.79 Å². The van der Waals surface area contributed by atoms with Crippen molar-refractivity contribution in [3.05, 3.63) is 77.4 Å². The van der Waals surface area contributed by atoms with Gasteiger partial charge in [0.05, 0.1) is 0 Å². The number of amides is 1. The Morgan fingerprint density at radius 2 is 1.68 bits per heavy atom. The molecule has 3 aromatic rings. The molecule has 0 radical (unpaired) electrons. The summed E-state index contributed by atoms with van der Waals surface area (Å²) in [6, 6.07) is 13.4. The van der Waals surface area contributed by atoms with Crippen LogP contribution in [0.4, 0.5) is 11.6 Å². The van der Waals surface area contributed by atoms with E-state index in [1.165, 1.54) is 5.56 Å². The Labute approximate surface area is 165 Å². The predicted molar refractivity (Wildman–Crippen MR) is 111 cm³/mol. The smallest absolute Gasteiger partial charge is 0.274 e. The molecule has 0 fully saturated rings. The average molecular weight is 375 g/mol. The minimum absolute atomic E-state index is 0.0711. The number of aromatic nitrogens is 3. The molecule has 0 spiro atoms. The molecule has 0 bridgehead atoms. The Balaban J connectivity index is 1.70. The van der Waals surface area contributed by atoms with Gasteiger partial charge in [0.2, 0.25) is 5.95 Å². The summed E-state index contributed by atoms with van der Waals surface area (Å²) in [7, 11) is 0. The fraction of sp³-hybridized carbons (Fsp3) is 0.273. The molecule has 0 aliphatic rings. The van der Waals surface area contributed by atoms with Gasteiger partial charge in [-0.2, -0.15) is 0 Å². The molecule has 1 aromatic carbocycles. The Hall–Kier alpha value is -3.28. The van der Waals surface area contributed by atoms with Gasteiger partial charge in [0.15, 0.2) is 0 Å². The van der Waals surface area contributed by atoms with Crippen molar-refractivity contribution < 1.29 is 4.79 Å². The first-order valence-corrected chi connectivity index (χ1v) is 9.21. The monoisotopic (exact) mass is 375 g/mol. The van der Waals surface area contributed by atoms with Crippen molar-refractivity contribution in [2.45, 2.75) is 39.7 Å². The number of benzene rings is 1. The van der Waals surface area contributed by atoms with Crippen molar-refractivity contribution >= 4 is 17.5 Å². The Morgan fingerprint density at radius 1 is 1.00 bits per heavy atom. The number of hydrogen-bond donors (Lipinski definition) is 2. The van der Waals surface area contributed by atoms with E-state index in [4.69, 9.17) is 0 Å². The Kier molecular flexibility index (Phi) is 5.68. The van der Waals surface area contributed by atoms with Crippen LogP contribution in [-0.4, -0.2) is 20.9 Å². The molecule has 0 saturated carbocycles. The lowest BCUT2D eigenvalue weighted by Gasteiger charge is -2.19. The average Bonchev–Trinajstić information content (AvgIpc) is 2.66. The van der Waals surface area contributed by atoms with Gasteiger partial charge in [0.1, 0.15) is 5.69 Å². The lowest BCUT2D eigenvalue weighted by Crippen LogP contribution is -2.16. The minimum atomic E-state index is -0.263. The molecule has 6 heteroatoms. The third kappa shape index (κ3) is 5.13. The van der Waals surface area contributed by atoms with E-state index in [1.807, 2.05) is 43.3 Å². The first-order valence-electron chi connectivity index (χ1n) is 9.21. The van der Waals surface area contributed by atoms with Crippen LogP contribution in [0.3, 0.4) is 0 Å². The van der Waals surface area contributed by atoms with Crippen LogP contribution in [0.15, 0.2) is 54.9 Å². The van der Waals surface area contributed by atoms with Crippen LogP contribution in [-0.2, 0) is 12.0 Å². The van der Waals surface area contributed by atoms with Crippen molar-refractivity contribution in [1.29, 1.82) is 0 Å². The van der Waals surface area contributed by atoms with Gasteiger partial charge in [-0.3, -0.25) is 9.78 Å². The predicted octanol–water partition coefficient (Wildman–Crippen LogP) is 4.34. The third-order valence-corrected chi connectivity index (χ3v) is 4.30. The lowest BCUT2D eigenvalue weighted by molar-refractivity contribution is 0.102. The zero-order chi connectivity index (χ0) is 20.1. The summed E-state index contributed by atoms with van der Waals surface area (Å²) in [6.07, 6.45) is 3.47. The molecule has 0 aliphatic carbocycles. The highest BCUT2D eigenvalue weighted by Gasteiger charge is 2.14. The van der Waals surface area contributed by atoms with Crippen LogP contribution in [0.25, 0.3) is 0 Å². The Morgan fingerprint density at radius 3 is 2.32 bits per heavy atom. The topological polar surface area (TPSA) is 79.8 Å². The largest absolute Gasteiger partial charge is 0.350 e. The molecule has 0 atom stereocenters. The third-order valence-electron chi connectivity index (χ3n) is 4.30. The van der Waals surface area contributed by atoms with Gasteiger partial charge in [-0.15, -0.1) is 0 Å². The zero-order valence-electron chi connectivity index (χ0n) is 16.7. The molecule has 0 aliphatic heterocycles. The number of hydrogen-bond acceptors (Lipinski definition) is 5. The van der Waals surface area contributed by atoms with Gasteiger partial charge in [-0.25, -0.2) is 9.97 Å². The number of pyridine rings is 1. The van der Waals surface area contributed by atoms with Gasteiger partial charge in [0.25, 0.3) is 5.91 Å². The second-order valence-corrected chi connectivity index (χ2v) is 7.71. The summed E-state index contributed by atoms with van der Waals surface area (Å²) in [5.41, 5.74) is 4.13. The molecular formula is C22H25N5O. The molecule has 2 aromatic heterocycles. The molecule has 2 heterocycles. The maximum absolute atomic E-state index is 12.6. The normalized spacial score (nSPS) is 11.1. The van der Waals surface area contributed by atoms with E-state index in [1.54, 1.807) is 18.5 Å². The fourth-order valence-corrected chi connectivity index (χ4v) is 2.69. The summed E-state index contributed by atoms with van der Waals surface area (Å²) in [4.78, 5) is 25.3. The number of aryl methyl sites for hydroxylation is 1. The summed E-state index contributed by atoms with van der Waals surface area (Å²) in [5.74, 6) is 0.158. The second-order valence-electron chi connectivity index (χ2n) is 7.71. The van der Waals surface area contributed by atoms with Gasteiger partial charge in [0, 0.05) is 30.3 Å². The SMILES string of the molecule is Cc1cc(C(=O)Nc2ccc(C(C)(C)C)cc2)nc(NCc2ccncc2)n1. The van der Waals surface area contributed by atoms with Crippen LogP contribution in [0.1, 0.15) is 48.1 Å². The summed E-state index contributed by atoms with van der Waals surface area (Å²) in [6.45, 7) is 8.87. The van der Waals surface area contributed by atoms with E-state index in [-0.39, 0.29) is 11.3 Å². The van der Waals surface area contributed by atoms with E-state index in [2.05, 4.69) is 46.4 Å². The van der Waals surface area contributed by atoms with E-state index < -0.39 is 0 Å². The summed E-state index contributed by atoms with van der Waals surface area (Å²) >= 11 is 0. The molecule has 2 N–H and O–H groups in total. The van der Waals surface area contributed by atoms with Crippen molar-refractivity contribution in [2.24, 2.45) is 0 Å². The number of rotatable bonds is 5. The molecule has 6 nitrogen and oxygen atoms in total. The first kappa shape index (κ1) is 19.5. The van der Waals surface area contributed by atoms with Gasteiger partial charge in [-0.05, 0) is 53.8 Å². The molecular weight excluding hydrogens is 350 g/mol. The number of anilines is 2. The van der Waals surface area contributed by atoms with Crippen LogP contribution >= 0.6 is 0 Å². The minimum Gasteiger partial charge on any atom is -0.350 e. The number of nitrogens with one attached hydrogen (secondary N) is 2. The van der Waals surface area contributed by atoms with Crippen LogP contribution in [0.5, 0.6) is 0 Å². The molecule has 1 amide bonds. The van der Waals surface area contributed by atoms with E-state index in [0.29, 0.717) is 18.2 Å². The first-order chi connectivity index (χ1) is 13.3. The maximum Gasteiger partial charge on any atom is 0.274 e. The second kappa shape index (κ2) is 8.17. The van der Waals surface area contributed by atoms with Crippen LogP contribution < -0.4 is 10.6 Å². The number of carbonyl (C=O) groups excluding carboxylic acids is 1. The quantitative estimate of drug-likeness (QED) is 0.693. The van der Waals surface area contributed by atoms with Crippen molar-refractivity contribution in [3.63, 3.8) is 0 Å². The standard InChI is InChI=1S/C22H25N5O/c1-15-13-19(27-21(25-15)24-14-16-9-11-23-12-10-16)20(28)26-18-7-5-17(6-8-18)22(2,3)4/h5-13H,14H2,1-4H3,(H,26,28)(H,24,25,27). The summed E-state index contributed by atoms with van der Waals surface area (Å²) < 4.78 is 0. The number of nitrogens with zero attached hydrogens (tertiary/aromatic N) is 3. The fourth-order valence-electron chi connectivity index (χ4n) is 2.69. The van der Waals surface area contributed by atoms with E-state index in [0.717, 1.165) is 16.9 Å². The Bertz CT molecular complexity index is 947. The molecule has 3 rings (SSSR count). The molecule has 0 saturated heterocycles.